The molecule has 0 aromatic rings. The highest BCUT2D eigenvalue weighted by Crippen LogP contribution is 2.28. The van der Waals surface area contributed by atoms with Crippen LogP contribution in [0, 0.1) is 0 Å². The molecule has 0 aromatic carbocycles. The SMILES string of the molecule is CCC(CC(Cl)CCC(C)SC(C)CCC(Cl)CC(CC)OC)OC. The van der Waals surface area contributed by atoms with E-state index in [1.54, 1.807) is 14.2 Å². The minimum Gasteiger partial charge on any atom is -0.381 e. The van der Waals surface area contributed by atoms with Gasteiger partial charge in [0.2, 0.25) is 0 Å². The van der Waals surface area contributed by atoms with Gasteiger partial charge in [-0.25, -0.2) is 0 Å². The summed E-state index contributed by atoms with van der Waals surface area (Å²) in [7, 11) is 3.55. The van der Waals surface area contributed by atoms with Crippen LogP contribution in [0.5, 0.6) is 0 Å². The maximum absolute atomic E-state index is 6.47. The molecule has 0 amide bonds. The van der Waals surface area contributed by atoms with Crippen molar-refractivity contribution in [2.45, 2.75) is 113 Å². The summed E-state index contributed by atoms with van der Waals surface area (Å²) in [6, 6.07) is 0. The van der Waals surface area contributed by atoms with Gasteiger partial charge in [0, 0.05) is 35.5 Å². The summed E-state index contributed by atoms with van der Waals surface area (Å²) in [5, 5.41) is 1.70. The van der Waals surface area contributed by atoms with E-state index >= 15 is 0 Å². The number of thioether (sulfide) groups is 1. The lowest BCUT2D eigenvalue weighted by molar-refractivity contribution is 0.0906. The van der Waals surface area contributed by atoms with E-state index in [0.29, 0.717) is 22.7 Å². The van der Waals surface area contributed by atoms with E-state index in [4.69, 9.17) is 32.7 Å². The van der Waals surface area contributed by atoms with Crippen molar-refractivity contribution in [3.63, 3.8) is 0 Å². The van der Waals surface area contributed by atoms with Gasteiger partial charge in [-0.05, 0) is 51.4 Å². The van der Waals surface area contributed by atoms with Crippen LogP contribution in [-0.2, 0) is 9.47 Å². The van der Waals surface area contributed by atoms with Crippen LogP contribution in [0.2, 0.25) is 0 Å². The highest BCUT2D eigenvalue weighted by atomic mass is 35.5. The Morgan fingerprint density at radius 3 is 1.36 bits per heavy atom. The molecule has 0 saturated heterocycles. The number of halogens is 2. The summed E-state index contributed by atoms with van der Waals surface area (Å²) in [6.45, 7) is 8.93. The Kier molecular flexibility index (Phi) is 16.4. The molecule has 25 heavy (non-hydrogen) atoms. The normalized spacial score (nSPS) is 19.2. The third-order valence-electron chi connectivity index (χ3n) is 4.85. The smallest absolute Gasteiger partial charge is 0.0582 e. The molecule has 0 fully saturated rings. The molecule has 0 aliphatic rings. The first kappa shape index (κ1) is 25.9. The third-order valence-corrected chi connectivity index (χ3v) is 7.05. The van der Waals surface area contributed by atoms with E-state index in [-0.39, 0.29) is 10.8 Å². The molecule has 0 saturated carbocycles. The molecule has 0 spiro atoms. The van der Waals surface area contributed by atoms with Gasteiger partial charge in [-0.3, -0.25) is 0 Å². The van der Waals surface area contributed by atoms with Gasteiger partial charge in [-0.15, -0.1) is 23.2 Å². The van der Waals surface area contributed by atoms with Crippen LogP contribution < -0.4 is 0 Å². The van der Waals surface area contributed by atoms with Crippen LogP contribution in [0.25, 0.3) is 0 Å². The fraction of sp³-hybridized carbons (Fsp3) is 1.00. The van der Waals surface area contributed by atoms with Gasteiger partial charge in [-0.1, -0.05) is 27.7 Å². The summed E-state index contributed by atoms with van der Waals surface area (Å²) in [5.74, 6) is 0. The summed E-state index contributed by atoms with van der Waals surface area (Å²) in [6.07, 6.45) is 9.00. The van der Waals surface area contributed by atoms with Gasteiger partial charge in [0.05, 0.1) is 12.2 Å². The molecule has 152 valence electrons. The first-order valence-corrected chi connectivity index (χ1v) is 11.7. The van der Waals surface area contributed by atoms with Crippen molar-refractivity contribution < 1.29 is 9.47 Å². The molecular formula is C20H40Cl2O2S. The Bertz CT molecular complexity index is 271. The summed E-state index contributed by atoms with van der Waals surface area (Å²) in [4.78, 5) is 0. The fourth-order valence-electron chi connectivity index (χ4n) is 3.03. The fourth-order valence-corrected chi connectivity index (χ4v) is 5.02. The van der Waals surface area contributed by atoms with Crippen molar-refractivity contribution in [2.75, 3.05) is 14.2 Å². The van der Waals surface area contributed by atoms with Crippen LogP contribution >= 0.6 is 35.0 Å². The van der Waals surface area contributed by atoms with E-state index in [1.807, 2.05) is 0 Å². The predicted molar refractivity (Wildman–Crippen MR) is 116 cm³/mol. The zero-order chi connectivity index (χ0) is 19.2. The Balaban J connectivity index is 3.92. The molecule has 0 aliphatic heterocycles. The molecule has 0 aromatic heterocycles. The highest BCUT2D eigenvalue weighted by molar-refractivity contribution is 8.00. The van der Waals surface area contributed by atoms with E-state index in [9.17, 15) is 0 Å². The Morgan fingerprint density at radius 2 is 1.08 bits per heavy atom. The summed E-state index contributed by atoms with van der Waals surface area (Å²) >= 11 is 15.0. The van der Waals surface area contributed by atoms with Crippen molar-refractivity contribution in [2.24, 2.45) is 0 Å². The lowest BCUT2D eigenvalue weighted by atomic mass is 10.1. The van der Waals surface area contributed by atoms with Gasteiger partial charge in [0.1, 0.15) is 0 Å². The van der Waals surface area contributed by atoms with Crippen LogP contribution in [0.1, 0.15) is 79.1 Å². The summed E-state index contributed by atoms with van der Waals surface area (Å²) in [5.41, 5.74) is 0. The standard InChI is InChI=1S/C20H40Cl2O2S/c1-7-19(23-5)13-17(21)11-9-15(3)25-16(4)10-12-18(22)14-20(8-2)24-6/h15-20H,7-14H2,1-6H3. The second kappa shape index (κ2) is 15.9. The van der Waals surface area contributed by atoms with Crippen molar-refractivity contribution in [3.05, 3.63) is 0 Å². The van der Waals surface area contributed by atoms with E-state index in [1.165, 1.54) is 0 Å². The number of hydrogen-bond donors (Lipinski definition) is 0. The topological polar surface area (TPSA) is 18.5 Å². The van der Waals surface area contributed by atoms with Crippen LogP contribution in [0.3, 0.4) is 0 Å². The molecule has 0 N–H and O–H groups in total. The maximum Gasteiger partial charge on any atom is 0.0582 e. The van der Waals surface area contributed by atoms with Crippen LogP contribution in [0.4, 0.5) is 0 Å². The van der Waals surface area contributed by atoms with Crippen molar-refractivity contribution in [3.8, 4) is 0 Å². The third kappa shape index (κ3) is 13.6. The van der Waals surface area contributed by atoms with Crippen LogP contribution in [-0.4, -0.2) is 47.7 Å². The van der Waals surface area contributed by atoms with Crippen molar-refractivity contribution in [1.82, 2.24) is 0 Å². The monoisotopic (exact) mass is 414 g/mol. The molecule has 6 atom stereocenters. The van der Waals surface area contributed by atoms with Gasteiger partial charge in [-0.2, -0.15) is 11.8 Å². The minimum absolute atomic E-state index is 0.218. The molecule has 0 rings (SSSR count). The molecule has 0 bridgehead atoms. The zero-order valence-corrected chi connectivity index (χ0v) is 19.4. The van der Waals surface area contributed by atoms with Gasteiger partial charge in [0.25, 0.3) is 0 Å². The average molecular weight is 416 g/mol. The zero-order valence-electron chi connectivity index (χ0n) is 17.1. The first-order valence-electron chi connectivity index (χ1n) is 9.85. The van der Waals surface area contributed by atoms with Gasteiger partial charge >= 0.3 is 0 Å². The maximum atomic E-state index is 6.47. The molecular weight excluding hydrogens is 375 g/mol. The predicted octanol–water partition coefficient (Wildman–Crippen LogP) is 6.90. The molecule has 2 nitrogen and oxygen atoms in total. The first-order chi connectivity index (χ1) is 11.9. The van der Waals surface area contributed by atoms with E-state index in [2.05, 4.69) is 39.5 Å². The van der Waals surface area contributed by atoms with Gasteiger partial charge < -0.3 is 9.47 Å². The van der Waals surface area contributed by atoms with Crippen molar-refractivity contribution >= 4 is 35.0 Å². The van der Waals surface area contributed by atoms with E-state index in [0.717, 1.165) is 51.4 Å². The van der Waals surface area contributed by atoms with Crippen molar-refractivity contribution in [1.29, 1.82) is 0 Å². The number of methoxy groups -OCH3 is 2. The number of alkyl halides is 2. The second-order valence-corrected chi connectivity index (χ2v) is 10.2. The van der Waals surface area contributed by atoms with E-state index < -0.39 is 0 Å². The summed E-state index contributed by atoms with van der Waals surface area (Å²) < 4.78 is 10.9. The highest BCUT2D eigenvalue weighted by Gasteiger charge is 2.17. The average Bonchev–Trinajstić information content (AvgIpc) is 2.60. The number of hydrogen-bond acceptors (Lipinski definition) is 3. The Hall–Kier alpha value is 0.850. The Labute approximate surface area is 171 Å². The van der Waals surface area contributed by atoms with Gasteiger partial charge in [0.15, 0.2) is 0 Å². The quantitative estimate of drug-likeness (QED) is 0.255. The lowest BCUT2D eigenvalue weighted by Crippen LogP contribution is -2.17. The second-order valence-electron chi connectivity index (χ2n) is 7.11. The lowest BCUT2D eigenvalue weighted by Gasteiger charge is -2.22. The number of ether oxygens (including phenoxy) is 2. The number of rotatable bonds is 16. The molecule has 0 heterocycles. The minimum atomic E-state index is 0.218. The molecule has 5 heteroatoms. The largest absolute Gasteiger partial charge is 0.381 e. The Morgan fingerprint density at radius 1 is 0.720 bits per heavy atom. The molecule has 0 radical (unpaired) electrons. The molecule has 0 aliphatic carbocycles. The molecule has 6 unspecified atom stereocenters. The van der Waals surface area contributed by atoms with Crippen LogP contribution in [0.15, 0.2) is 0 Å².